The average Bonchev–Trinajstić information content (AvgIpc) is 2.45. The predicted molar refractivity (Wildman–Crippen MR) is 93.0 cm³/mol. The van der Waals surface area contributed by atoms with Gasteiger partial charge in [0.2, 0.25) is 5.91 Å². The molecular weight excluding hydrogens is 284 g/mol. The number of halogens is 1. The van der Waals surface area contributed by atoms with E-state index >= 15 is 0 Å². The lowest BCUT2D eigenvalue weighted by molar-refractivity contribution is -0.123. The van der Waals surface area contributed by atoms with Gasteiger partial charge in [-0.2, -0.15) is 0 Å². The maximum atomic E-state index is 12.2. The van der Waals surface area contributed by atoms with Crippen LogP contribution in [-0.2, 0) is 4.79 Å². The first kappa shape index (κ1) is 20.7. The van der Waals surface area contributed by atoms with Crippen LogP contribution >= 0.6 is 12.4 Å². The van der Waals surface area contributed by atoms with Crippen molar-refractivity contribution in [3.05, 3.63) is 0 Å². The Hall–Kier alpha value is -0.280. The number of hydrogen-bond donors (Lipinski definition) is 2. The summed E-state index contributed by atoms with van der Waals surface area (Å²) >= 11 is 0. The van der Waals surface area contributed by atoms with Crippen LogP contribution in [0.25, 0.3) is 0 Å². The fraction of sp³-hybridized carbons (Fsp3) is 0.941. The standard InChI is InChI=1S/C17H34N2O.ClH/c1-4-6-10-16(8-5-2)19-17(20)12-14(3)15-9-7-11-18-13-15;/h14-16,18H,4-13H2,1-3H3,(H,19,20);1H. The number of rotatable bonds is 9. The van der Waals surface area contributed by atoms with E-state index in [4.69, 9.17) is 0 Å². The van der Waals surface area contributed by atoms with Crippen LogP contribution in [0.5, 0.6) is 0 Å². The van der Waals surface area contributed by atoms with Crippen LogP contribution in [-0.4, -0.2) is 25.0 Å². The molecule has 0 aromatic rings. The molecule has 0 aromatic heterocycles. The lowest BCUT2D eigenvalue weighted by atomic mass is 9.85. The molecule has 0 aromatic carbocycles. The van der Waals surface area contributed by atoms with Crippen LogP contribution in [0.4, 0.5) is 0 Å². The highest BCUT2D eigenvalue weighted by Gasteiger charge is 2.22. The molecule has 2 N–H and O–H groups in total. The molecule has 0 bridgehead atoms. The molecule has 0 aliphatic carbocycles. The maximum Gasteiger partial charge on any atom is 0.220 e. The van der Waals surface area contributed by atoms with Crippen molar-refractivity contribution in [3.63, 3.8) is 0 Å². The highest BCUT2D eigenvalue weighted by molar-refractivity contribution is 5.85. The van der Waals surface area contributed by atoms with E-state index in [0.29, 0.717) is 24.3 Å². The zero-order chi connectivity index (χ0) is 14.8. The first-order valence-corrected chi connectivity index (χ1v) is 8.67. The summed E-state index contributed by atoms with van der Waals surface area (Å²) in [6, 6.07) is 0.393. The summed E-state index contributed by atoms with van der Waals surface area (Å²) in [5.74, 6) is 1.43. The summed E-state index contributed by atoms with van der Waals surface area (Å²) in [6.07, 6.45) is 9.05. The monoisotopic (exact) mass is 318 g/mol. The molecule has 0 saturated carbocycles. The van der Waals surface area contributed by atoms with Crippen molar-refractivity contribution in [1.29, 1.82) is 0 Å². The quantitative estimate of drug-likeness (QED) is 0.676. The van der Waals surface area contributed by atoms with Gasteiger partial charge in [-0.1, -0.05) is 40.0 Å². The summed E-state index contributed by atoms with van der Waals surface area (Å²) < 4.78 is 0. The minimum atomic E-state index is 0. The Morgan fingerprint density at radius 1 is 1.29 bits per heavy atom. The molecule has 21 heavy (non-hydrogen) atoms. The van der Waals surface area contributed by atoms with E-state index in [-0.39, 0.29) is 18.3 Å². The van der Waals surface area contributed by atoms with Crippen LogP contribution in [0.3, 0.4) is 0 Å². The van der Waals surface area contributed by atoms with Crippen LogP contribution in [0.15, 0.2) is 0 Å². The Morgan fingerprint density at radius 2 is 2.05 bits per heavy atom. The molecule has 0 spiro atoms. The van der Waals surface area contributed by atoms with Crippen molar-refractivity contribution >= 4 is 18.3 Å². The van der Waals surface area contributed by atoms with Gasteiger partial charge in [-0.25, -0.2) is 0 Å². The number of carbonyl (C=O) groups is 1. The Morgan fingerprint density at radius 3 is 2.62 bits per heavy atom. The van der Waals surface area contributed by atoms with Crippen LogP contribution in [0.1, 0.15) is 72.1 Å². The molecule has 1 rings (SSSR count). The lowest BCUT2D eigenvalue weighted by Crippen LogP contribution is -2.38. The van der Waals surface area contributed by atoms with Crippen molar-refractivity contribution in [2.75, 3.05) is 13.1 Å². The van der Waals surface area contributed by atoms with Crippen molar-refractivity contribution < 1.29 is 4.79 Å². The number of nitrogens with one attached hydrogen (secondary N) is 2. The van der Waals surface area contributed by atoms with Crippen molar-refractivity contribution in [2.24, 2.45) is 11.8 Å². The Balaban J connectivity index is 0.00000400. The summed E-state index contributed by atoms with van der Waals surface area (Å²) in [5, 5.41) is 6.71. The molecule has 1 fully saturated rings. The van der Waals surface area contributed by atoms with Gasteiger partial charge >= 0.3 is 0 Å². The third-order valence-electron chi connectivity index (χ3n) is 4.56. The van der Waals surface area contributed by atoms with Gasteiger partial charge in [0.1, 0.15) is 0 Å². The molecule has 1 saturated heterocycles. The second-order valence-corrected chi connectivity index (χ2v) is 6.48. The minimum absolute atomic E-state index is 0. The van der Waals surface area contributed by atoms with E-state index in [1.54, 1.807) is 0 Å². The Bertz CT molecular complexity index is 262. The first-order valence-electron chi connectivity index (χ1n) is 8.67. The largest absolute Gasteiger partial charge is 0.353 e. The van der Waals surface area contributed by atoms with E-state index in [9.17, 15) is 4.79 Å². The lowest BCUT2D eigenvalue weighted by Gasteiger charge is -2.28. The third kappa shape index (κ3) is 8.67. The Kier molecular flexibility index (Phi) is 12.1. The molecular formula is C17H35ClN2O. The number of carbonyl (C=O) groups excluding carboxylic acids is 1. The summed E-state index contributed by atoms with van der Waals surface area (Å²) in [7, 11) is 0. The second-order valence-electron chi connectivity index (χ2n) is 6.48. The molecule has 4 heteroatoms. The number of amides is 1. The van der Waals surface area contributed by atoms with Crippen LogP contribution < -0.4 is 10.6 Å². The Labute approximate surface area is 137 Å². The van der Waals surface area contributed by atoms with E-state index < -0.39 is 0 Å². The number of unbranched alkanes of at least 4 members (excludes halogenated alkanes) is 1. The van der Waals surface area contributed by atoms with Gasteiger partial charge in [0.05, 0.1) is 0 Å². The first-order chi connectivity index (χ1) is 9.67. The molecule has 0 radical (unpaired) electrons. The van der Waals surface area contributed by atoms with E-state index in [2.05, 4.69) is 31.4 Å². The topological polar surface area (TPSA) is 41.1 Å². The maximum absolute atomic E-state index is 12.2. The summed E-state index contributed by atoms with van der Waals surface area (Å²) in [6.45, 7) is 8.87. The van der Waals surface area contributed by atoms with E-state index in [0.717, 1.165) is 32.4 Å². The zero-order valence-corrected chi connectivity index (χ0v) is 14.9. The number of piperidine rings is 1. The predicted octanol–water partition coefficient (Wildman–Crippen LogP) is 3.91. The summed E-state index contributed by atoms with van der Waals surface area (Å²) in [5.41, 5.74) is 0. The van der Waals surface area contributed by atoms with Gasteiger partial charge in [0.25, 0.3) is 0 Å². The van der Waals surface area contributed by atoms with Gasteiger partial charge in [-0.15, -0.1) is 12.4 Å². The van der Waals surface area contributed by atoms with Crippen molar-refractivity contribution in [1.82, 2.24) is 10.6 Å². The normalized spacial score (nSPS) is 21.2. The van der Waals surface area contributed by atoms with Gasteiger partial charge in [0, 0.05) is 12.5 Å². The molecule has 3 nitrogen and oxygen atoms in total. The third-order valence-corrected chi connectivity index (χ3v) is 4.56. The van der Waals surface area contributed by atoms with Crippen LogP contribution in [0, 0.1) is 11.8 Å². The van der Waals surface area contributed by atoms with Crippen LogP contribution in [0.2, 0.25) is 0 Å². The average molecular weight is 319 g/mol. The van der Waals surface area contributed by atoms with Gasteiger partial charge < -0.3 is 10.6 Å². The zero-order valence-electron chi connectivity index (χ0n) is 14.1. The highest BCUT2D eigenvalue weighted by Crippen LogP contribution is 2.22. The molecule has 3 atom stereocenters. The van der Waals surface area contributed by atoms with Gasteiger partial charge in [-0.3, -0.25) is 4.79 Å². The van der Waals surface area contributed by atoms with Gasteiger partial charge in [-0.05, 0) is 50.6 Å². The molecule has 1 amide bonds. The minimum Gasteiger partial charge on any atom is -0.353 e. The SMILES string of the molecule is CCCCC(CCC)NC(=O)CC(C)C1CCCNC1.Cl. The van der Waals surface area contributed by atoms with Gasteiger partial charge in [0.15, 0.2) is 0 Å². The summed E-state index contributed by atoms with van der Waals surface area (Å²) in [4.78, 5) is 12.2. The van der Waals surface area contributed by atoms with E-state index in [1.165, 1.54) is 25.7 Å². The molecule has 1 aliphatic heterocycles. The fourth-order valence-electron chi connectivity index (χ4n) is 3.20. The molecule has 126 valence electrons. The fourth-order valence-corrected chi connectivity index (χ4v) is 3.20. The highest BCUT2D eigenvalue weighted by atomic mass is 35.5. The molecule has 1 heterocycles. The number of hydrogen-bond acceptors (Lipinski definition) is 2. The second kappa shape index (κ2) is 12.3. The van der Waals surface area contributed by atoms with E-state index in [1.807, 2.05) is 0 Å². The van der Waals surface area contributed by atoms with Crippen molar-refractivity contribution in [3.8, 4) is 0 Å². The smallest absolute Gasteiger partial charge is 0.220 e. The molecule has 3 unspecified atom stereocenters. The molecule has 1 aliphatic rings. The van der Waals surface area contributed by atoms with Crippen molar-refractivity contribution in [2.45, 2.75) is 78.2 Å².